The molecule has 0 unspecified atom stereocenters. The summed E-state index contributed by atoms with van der Waals surface area (Å²) >= 11 is 1.75. The van der Waals surface area contributed by atoms with Gasteiger partial charge in [0.2, 0.25) is 0 Å². The van der Waals surface area contributed by atoms with Crippen molar-refractivity contribution < 1.29 is 0 Å². The molecule has 0 bridgehead atoms. The molecule has 3 heteroatoms. The third-order valence-electron chi connectivity index (χ3n) is 2.03. The first-order valence-electron chi connectivity index (χ1n) is 4.48. The fraction of sp³-hybridized carbons (Fsp3) is 0.182. The molecule has 2 nitrogen and oxygen atoms in total. The van der Waals surface area contributed by atoms with Gasteiger partial charge in [-0.2, -0.15) is 0 Å². The number of nitrogens with one attached hydrogen (secondary N) is 1. The van der Waals surface area contributed by atoms with Gasteiger partial charge in [0, 0.05) is 11.6 Å². The van der Waals surface area contributed by atoms with Gasteiger partial charge < -0.3 is 5.32 Å². The lowest BCUT2D eigenvalue weighted by Gasteiger charge is -2.04. The molecule has 0 saturated carbocycles. The molecule has 0 amide bonds. The second kappa shape index (κ2) is 4.33. The van der Waals surface area contributed by atoms with E-state index in [1.54, 1.807) is 11.8 Å². The molecule has 0 atom stereocenters. The zero-order valence-electron chi connectivity index (χ0n) is 8.03. The Kier molecular flexibility index (Phi) is 2.89. The van der Waals surface area contributed by atoms with E-state index in [4.69, 9.17) is 0 Å². The molecule has 0 spiro atoms. The zero-order valence-corrected chi connectivity index (χ0v) is 8.84. The van der Waals surface area contributed by atoms with E-state index in [0.717, 1.165) is 11.7 Å². The number of anilines is 1. The SMILES string of the molecule is CSCNc1cc2ccccc2cn1. The van der Waals surface area contributed by atoms with Gasteiger partial charge in [0.15, 0.2) is 0 Å². The average Bonchev–Trinajstić information content (AvgIpc) is 2.26. The highest BCUT2D eigenvalue weighted by molar-refractivity contribution is 7.98. The van der Waals surface area contributed by atoms with Crippen LogP contribution in [0, 0.1) is 0 Å². The number of thioether (sulfide) groups is 1. The average molecular weight is 204 g/mol. The summed E-state index contributed by atoms with van der Waals surface area (Å²) in [6.07, 6.45) is 3.96. The molecule has 0 aliphatic heterocycles. The molecule has 1 heterocycles. The van der Waals surface area contributed by atoms with Gasteiger partial charge in [-0.15, -0.1) is 11.8 Å². The normalized spacial score (nSPS) is 10.4. The maximum atomic E-state index is 4.32. The van der Waals surface area contributed by atoms with E-state index in [0.29, 0.717) is 0 Å². The Balaban J connectivity index is 2.32. The second-order valence-electron chi connectivity index (χ2n) is 3.03. The minimum absolute atomic E-state index is 0.894. The molecule has 0 aliphatic carbocycles. The van der Waals surface area contributed by atoms with Crippen molar-refractivity contribution in [3.63, 3.8) is 0 Å². The predicted octanol–water partition coefficient (Wildman–Crippen LogP) is 2.97. The number of nitrogens with zero attached hydrogens (tertiary/aromatic N) is 1. The van der Waals surface area contributed by atoms with Crippen LogP contribution >= 0.6 is 11.8 Å². The van der Waals surface area contributed by atoms with Crippen molar-refractivity contribution >= 4 is 28.4 Å². The molecule has 0 radical (unpaired) electrons. The first-order chi connectivity index (χ1) is 6.90. The minimum Gasteiger partial charge on any atom is -0.361 e. The Morgan fingerprint density at radius 3 is 2.86 bits per heavy atom. The maximum absolute atomic E-state index is 4.32. The Morgan fingerprint density at radius 2 is 2.07 bits per heavy atom. The molecular weight excluding hydrogens is 192 g/mol. The molecule has 2 aromatic rings. The van der Waals surface area contributed by atoms with Gasteiger partial charge >= 0.3 is 0 Å². The van der Waals surface area contributed by atoms with Gasteiger partial charge in [0.25, 0.3) is 0 Å². The van der Waals surface area contributed by atoms with Crippen molar-refractivity contribution in [3.05, 3.63) is 36.5 Å². The molecule has 72 valence electrons. The van der Waals surface area contributed by atoms with E-state index in [2.05, 4.69) is 34.8 Å². The van der Waals surface area contributed by atoms with Crippen LogP contribution in [0.1, 0.15) is 0 Å². The van der Waals surface area contributed by atoms with Gasteiger partial charge in [-0.3, -0.25) is 0 Å². The standard InChI is InChI=1S/C11H12N2S/c1-14-8-13-11-6-9-4-2-3-5-10(9)7-12-11/h2-7H,8H2,1H3,(H,12,13). The van der Waals surface area contributed by atoms with E-state index in [-0.39, 0.29) is 0 Å². The third kappa shape index (κ3) is 1.99. The number of hydrogen-bond donors (Lipinski definition) is 1. The molecule has 14 heavy (non-hydrogen) atoms. The molecule has 0 aliphatic rings. The van der Waals surface area contributed by atoms with Crippen molar-refractivity contribution in [2.75, 3.05) is 17.4 Å². The number of pyridine rings is 1. The van der Waals surface area contributed by atoms with Crippen molar-refractivity contribution in [2.24, 2.45) is 0 Å². The highest BCUT2D eigenvalue weighted by Gasteiger charge is 1.95. The Labute approximate surface area is 87.7 Å². The molecule has 0 saturated heterocycles. The van der Waals surface area contributed by atoms with Crippen molar-refractivity contribution in [1.82, 2.24) is 4.98 Å². The smallest absolute Gasteiger partial charge is 0.127 e. The predicted molar refractivity (Wildman–Crippen MR) is 63.7 cm³/mol. The first-order valence-corrected chi connectivity index (χ1v) is 5.87. The molecule has 2 rings (SSSR count). The first kappa shape index (κ1) is 9.34. The monoisotopic (exact) mass is 204 g/mol. The summed E-state index contributed by atoms with van der Waals surface area (Å²) in [6, 6.07) is 10.3. The van der Waals surface area contributed by atoms with Crippen LogP contribution in [0.4, 0.5) is 5.82 Å². The van der Waals surface area contributed by atoms with E-state index >= 15 is 0 Å². The summed E-state index contributed by atoms with van der Waals surface area (Å²) in [7, 11) is 0. The van der Waals surface area contributed by atoms with Crippen molar-refractivity contribution in [2.45, 2.75) is 0 Å². The van der Waals surface area contributed by atoms with E-state index in [1.165, 1.54) is 10.8 Å². The van der Waals surface area contributed by atoms with Gasteiger partial charge in [0.05, 0.1) is 5.88 Å². The molecule has 1 aromatic carbocycles. The number of benzene rings is 1. The second-order valence-corrected chi connectivity index (χ2v) is 3.89. The number of fused-ring (bicyclic) bond motifs is 1. The quantitative estimate of drug-likeness (QED) is 0.778. The number of hydrogen-bond acceptors (Lipinski definition) is 3. The van der Waals surface area contributed by atoms with E-state index < -0.39 is 0 Å². The van der Waals surface area contributed by atoms with Crippen LogP contribution in [0.2, 0.25) is 0 Å². The van der Waals surface area contributed by atoms with Crippen LogP contribution in [-0.2, 0) is 0 Å². The van der Waals surface area contributed by atoms with Gasteiger partial charge in [-0.25, -0.2) is 4.98 Å². The van der Waals surface area contributed by atoms with Crippen molar-refractivity contribution in [1.29, 1.82) is 0 Å². The summed E-state index contributed by atoms with van der Waals surface area (Å²) in [5, 5.41) is 5.65. The number of rotatable bonds is 3. The lowest BCUT2D eigenvalue weighted by molar-refractivity contribution is 1.30. The van der Waals surface area contributed by atoms with Crippen LogP contribution in [0.15, 0.2) is 36.5 Å². The van der Waals surface area contributed by atoms with Gasteiger partial charge in [-0.1, -0.05) is 24.3 Å². The highest BCUT2D eigenvalue weighted by atomic mass is 32.2. The Bertz CT molecular complexity index is 428. The fourth-order valence-corrected chi connectivity index (χ4v) is 1.62. The zero-order chi connectivity index (χ0) is 9.80. The van der Waals surface area contributed by atoms with Gasteiger partial charge in [-0.05, 0) is 17.7 Å². The van der Waals surface area contributed by atoms with E-state index in [9.17, 15) is 0 Å². The van der Waals surface area contributed by atoms with Crippen molar-refractivity contribution in [3.8, 4) is 0 Å². The van der Waals surface area contributed by atoms with Crippen LogP contribution in [0.3, 0.4) is 0 Å². The van der Waals surface area contributed by atoms with Gasteiger partial charge in [0.1, 0.15) is 5.82 Å². The van der Waals surface area contributed by atoms with E-state index in [1.807, 2.05) is 18.3 Å². The third-order valence-corrected chi connectivity index (χ3v) is 2.46. The van der Waals surface area contributed by atoms with Crippen LogP contribution in [-0.4, -0.2) is 17.1 Å². The lowest BCUT2D eigenvalue weighted by atomic mass is 10.2. The summed E-state index contributed by atoms with van der Waals surface area (Å²) in [4.78, 5) is 4.32. The highest BCUT2D eigenvalue weighted by Crippen LogP contribution is 2.16. The fourth-order valence-electron chi connectivity index (χ4n) is 1.33. The largest absolute Gasteiger partial charge is 0.361 e. The van der Waals surface area contributed by atoms with Crippen LogP contribution in [0.25, 0.3) is 10.8 Å². The molecule has 1 aromatic heterocycles. The topological polar surface area (TPSA) is 24.9 Å². The Morgan fingerprint density at radius 1 is 1.29 bits per heavy atom. The minimum atomic E-state index is 0.894. The molecule has 0 fully saturated rings. The Hall–Kier alpha value is -1.22. The summed E-state index contributed by atoms with van der Waals surface area (Å²) in [5.74, 6) is 1.84. The lowest BCUT2D eigenvalue weighted by Crippen LogP contribution is -1.98. The van der Waals surface area contributed by atoms with Crippen LogP contribution in [0.5, 0.6) is 0 Å². The molecule has 1 N–H and O–H groups in total. The summed E-state index contributed by atoms with van der Waals surface area (Å²) in [5.41, 5.74) is 0. The van der Waals surface area contributed by atoms with Crippen LogP contribution < -0.4 is 5.32 Å². The summed E-state index contributed by atoms with van der Waals surface area (Å²) in [6.45, 7) is 0. The maximum Gasteiger partial charge on any atom is 0.127 e. The summed E-state index contributed by atoms with van der Waals surface area (Å²) < 4.78 is 0. The molecular formula is C11H12N2S. The number of aromatic nitrogens is 1.